The number of rotatable bonds is 4. The molecule has 0 aliphatic carbocycles. The van der Waals surface area contributed by atoms with Crippen LogP contribution in [0, 0.1) is 6.92 Å². The quantitative estimate of drug-likeness (QED) is 0.751. The van der Waals surface area contributed by atoms with Gasteiger partial charge in [0.25, 0.3) is 11.8 Å². The SMILES string of the molecule is Cc1cccc(C(=O)Nc2ccccc2C(=O)NC2CCCNC2C)c1.Cl. The van der Waals surface area contributed by atoms with Gasteiger partial charge >= 0.3 is 0 Å². The Bertz CT molecular complexity index is 810. The first-order valence-electron chi connectivity index (χ1n) is 9.06. The van der Waals surface area contributed by atoms with Gasteiger partial charge in [0.05, 0.1) is 11.3 Å². The summed E-state index contributed by atoms with van der Waals surface area (Å²) in [4.78, 5) is 25.3. The van der Waals surface area contributed by atoms with Crippen molar-refractivity contribution in [3.63, 3.8) is 0 Å². The first kappa shape index (κ1) is 20.9. The molecule has 2 atom stereocenters. The number of piperidine rings is 1. The van der Waals surface area contributed by atoms with Gasteiger partial charge in [0.2, 0.25) is 0 Å². The summed E-state index contributed by atoms with van der Waals surface area (Å²) in [5.41, 5.74) is 2.59. The highest BCUT2D eigenvalue weighted by Crippen LogP contribution is 2.18. The average Bonchev–Trinajstić information content (AvgIpc) is 2.64. The van der Waals surface area contributed by atoms with E-state index in [9.17, 15) is 9.59 Å². The number of amides is 2. The molecule has 0 aromatic heterocycles. The number of anilines is 1. The Morgan fingerprint density at radius 3 is 2.59 bits per heavy atom. The molecule has 1 fully saturated rings. The first-order chi connectivity index (χ1) is 12.5. The van der Waals surface area contributed by atoms with Crippen molar-refractivity contribution in [1.82, 2.24) is 10.6 Å². The number of carbonyl (C=O) groups is 2. The third-order valence-corrected chi connectivity index (χ3v) is 4.78. The molecule has 1 aliphatic rings. The van der Waals surface area contributed by atoms with Crippen molar-refractivity contribution in [1.29, 1.82) is 0 Å². The van der Waals surface area contributed by atoms with Crippen molar-refractivity contribution < 1.29 is 9.59 Å². The lowest BCUT2D eigenvalue weighted by Crippen LogP contribution is -2.52. The van der Waals surface area contributed by atoms with E-state index in [0.29, 0.717) is 16.8 Å². The molecule has 2 aromatic rings. The lowest BCUT2D eigenvalue weighted by atomic mass is 9.99. The molecular formula is C21H26ClN3O2. The largest absolute Gasteiger partial charge is 0.348 e. The van der Waals surface area contributed by atoms with E-state index in [-0.39, 0.29) is 36.3 Å². The van der Waals surface area contributed by atoms with Crippen molar-refractivity contribution >= 4 is 29.9 Å². The second kappa shape index (κ2) is 9.53. The molecule has 0 spiro atoms. The molecule has 144 valence electrons. The molecule has 3 rings (SSSR count). The Labute approximate surface area is 166 Å². The van der Waals surface area contributed by atoms with Gasteiger partial charge in [-0.1, -0.05) is 29.8 Å². The molecule has 1 aliphatic heterocycles. The van der Waals surface area contributed by atoms with E-state index < -0.39 is 0 Å². The van der Waals surface area contributed by atoms with E-state index in [1.54, 1.807) is 24.3 Å². The van der Waals surface area contributed by atoms with Gasteiger partial charge in [0.1, 0.15) is 0 Å². The van der Waals surface area contributed by atoms with E-state index in [1.807, 2.05) is 31.2 Å². The van der Waals surface area contributed by atoms with Crippen LogP contribution >= 0.6 is 12.4 Å². The van der Waals surface area contributed by atoms with Crippen LogP contribution in [0.1, 0.15) is 46.0 Å². The summed E-state index contributed by atoms with van der Waals surface area (Å²) < 4.78 is 0. The number of aryl methyl sites for hydroxylation is 1. The van der Waals surface area contributed by atoms with E-state index in [1.165, 1.54) is 0 Å². The third kappa shape index (κ3) is 5.31. The topological polar surface area (TPSA) is 70.2 Å². The fourth-order valence-corrected chi connectivity index (χ4v) is 3.26. The van der Waals surface area contributed by atoms with Crippen molar-refractivity contribution in [2.75, 3.05) is 11.9 Å². The molecule has 2 unspecified atom stereocenters. The number of carbonyl (C=O) groups excluding carboxylic acids is 2. The third-order valence-electron chi connectivity index (χ3n) is 4.78. The van der Waals surface area contributed by atoms with Gasteiger partial charge in [-0.15, -0.1) is 12.4 Å². The summed E-state index contributed by atoms with van der Waals surface area (Å²) >= 11 is 0. The van der Waals surface area contributed by atoms with Crippen LogP contribution in [0.3, 0.4) is 0 Å². The van der Waals surface area contributed by atoms with E-state index >= 15 is 0 Å². The molecule has 1 saturated heterocycles. The normalized spacial score (nSPS) is 18.9. The zero-order valence-electron chi connectivity index (χ0n) is 15.6. The molecule has 2 amide bonds. The van der Waals surface area contributed by atoms with Crippen LogP contribution in [0.15, 0.2) is 48.5 Å². The predicted octanol–water partition coefficient (Wildman–Crippen LogP) is 3.54. The fraction of sp³-hybridized carbons (Fsp3) is 0.333. The summed E-state index contributed by atoms with van der Waals surface area (Å²) in [7, 11) is 0. The minimum atomic E-state index is -0.221. The molecule has 0 bridgehead atoms. The number of benzene rings is 2. The molecule has 6 heteroatoms. The highest BCUT2D eigenvalue weighted by molar-refractivity contribution is 6.09. The molecule has 3 N–H and O–H groups in total. The molecular weight excluding hydrogens is 362 g/mol. The number of halogens is 1. The van der Waals surface area contributed by atoms with Crippen molar-refractivity contribution in [2.45, 2.75) is 38.8 Å². The standard InChI is InChI=1S/C21H25N3O2.ClH/c1-14-7-5-8-16(13-14)20(25)24-19-10-4-3-9-17(19)21(26)23-18-11-6-12-22-15(18)2;/h3-5,7-10,13,15,18,22H,6,11-12H2,1-2H3,(H,23,26)(H,24,25);1H. The summed E-state index contributed by atoms with van der Waals surface area (Å²) in [5.74, 6) is -0.382. The zero-order valence-corrected chi connectivity index (χ0v) is 16.4. The zero-order chi connectivity index (χ0) is 18.5. The van der Waals surface area contributed by atoms with Crippen LogP contribution in [0.2, 0.25) is 0 Å². The molecule has 0 radical (unpaired) electrons. The second-order valence-corrected chi connectivity index (χ2v) is 6.83. The molecule has 2 aromatic carbocycles. The maximum Gasteiger partial charge on any atom is 0.255 e. The summed E-state index contributed by atoms with van der Waals surface area (Å²) in [5, 5.41) is 9.34. The van der Waals surface area contributed by atoms with Crippen molar-refractivity contribution in [2.24, 2.45) is 0 Å². The van der Waals surface area contributed by atoms with E-state index in [0.717, 1.165) is 24.9 Å². The Morgan fingerprint density at radius 2 is 1.85 bits per heavy atom. The summed E-state index contributed by atoms with van der Waals surface area (Å²) in [6.45, 7) is 5.00. The Kier molecular flexibility index (Phi) is 7.39. The van der Waals surface area contributed by atoms with Gasteiger partial charge in [-0.3, -0.25) is 9.59 Å². The predicted molar refractivity (Wildman–Crippen MR) is 111 cm³/mol. The van der Waals surface area contributed by atoms with Crippen LogP contribution in [0.25, 0.3) is 0 Å². The van der Waals surface area contributed by atoms with Crippen molar-refractivity contribution in [3.8, 4) is 0 Å². The van der Waals surface area contributed by atoms with Gasteiger partial charge in [-0.25, -0.2) is 0 Å². The monoisotopic (exact) mass is 387 g/mol. The maximum atomic E-state index is 12.8. The maximum absolute atomic E-state index is 12.8. The number of nitrogens with one attached hydrogen (secondary N) is 3. The fourth-order valence-electron chi connectivity index (χ4n) is 3.26. The smallest absolute Gasteiger partial charge is 0.255 e. The lowest BCUT2D eigenvalue weighted by molar-refractivity contribution is 0.0920. The Balaban J connectivity index is 0.00000261. The molecule has 1 heterocycles. The number of para-hydroxylation sites is 1. The van der Waals surface area contributed by atoms with Gasteiger partial charge in [-0.2, -0.15) is 0 Å². The van der Waals surface area contributed by atoms with Crippen LogP contribution in [0.5, 0.6) is 0 Å². The van der Waals surface area contributed by atoms with Crippen molar-refractivity contribution in [3.05, 3.63) is 65.2 Å². The second-order valence-electron chi connectivity index (χ2n) is 6.83. The minimum absolute atomic E-state index is 0. The Hall–Kier alpha value is -2.37. The first-order valence-corrected chi connectivity index (χ1v) is 9.06. The van der Waals surface area contributed by atoms with Crippen LogP contribution in [0.4, 0.5) is 5.69 Å². The van der Waals surface area contributed by atoms with Gasteiger partial charge < -0.3 is 16.0 Å². The van der Waals surface area contributed by atoms with Gasteiger partial charge in [-0.05, 0) is 57.5 Å². The van der Waals surface area contributed by atoms with E-state index in [2.05, 4.69) is 22.9 Å². The summed E-state index contributed by atoms with van der Waals surface area (Å²) in [6, 6.07) is 14.8. The summed E-state index contributed by atoms with van der Waals surface area (Å²) in [6.07, 6.45) is 2.00. The number of hydrogen-bond acceptors (Lipinski definition) is 3. The highest BCUT2D eigenvalue weighted by Gasteiger charge is 2.24. The molecule has 0 saturated carbocycles. The van der Waals surface area contributed by atoms with Gasteiger partial charge in [0.15, 0.2) is 0 Å². The van der Waals surface area contributed by atoms with Gasteiger partial charge in [0, 0.05) is 17.6 Å². The lowest BCUT2D eigenvalue weighted by Gasteiger charge is -2.30. The van der Waals surface area contributed by atoms with Crippen LogP contribution in [-0.4, -0.2) is 30.4 Å². The minimum Gasteiger partial charge on any atom is -0.348 e. The Morgan fingerprint density at radius 1 is 1.07 bits per heavy atom. The van der Waals surface area contributed by atoms with E-state index in [4.69, 9.17) is 0 Å². The number of hydrogen-bond donors (Lipinski definition) is 3. The average molecular weight is 388 g/mol. The van der Waals surface area contributed by atoms with Crippen LogP contribution < -0.4 is 16.0 Å². The highest BCUT2D eigenvalue weighted by atomic mass is 35.5. The van der Waals surface area contributed by atoms with Crippen LogP contribution in [-0.2, 0) is 0 Å². The molecule has 27 heavy (non-hydrogen) atoms. The molecule has 5 nitrogen and oxygen atoms in total.